The van der Waals surface area contributed by atoms with E-state index in [1.807, 2.05) is 51.7 Å². The summed E-state index contributed by atoms with van der Waals surface area (Å²) in [7, 11) is 0. The van der Waals surface area contributed by atoms with Crippen molar-refractivity contribution >= 4 is 28.6 Å². The van der Waals surface area contributed by atoms with Crippen LogP contribution in [0.25, 0.3) is 38.8 Å². The van der Waals surface area contributed by atoms with Crippen molar-refractivity contribution in [1.29, 1.82) is 0 Å². The number of hydrogen-bond donors (Lipinski definition) is 2. The first kappa shape index (κ1) is 21.5. The van der Waals surface area contributed by atoms with Crippen molar-refractivity contribution in [2.75, 3.05) is 5.73 Å². The van der Waals surface area contributed by atoms with Crippen LogP contribution in [-0.4, -0.2) is 30.8 Å². The average Bonchev–Trinajstić information content (AvgIpc) is 3.50. The summed E-state index contributed by atoms with van der Waals surface area (Å²) < 4.78 is 3.79. The van der Waals surface area contributed by atoms with Crippen LogP contribution in [0, 0.1) is 0 Å². The third-order valence-corrected chi connectivity index (χ3v) is 6.28. The molecule has 36 heavy (non-hydrogen) atoms. The topological polar surface area (TPSA) is 103 Å². The molecule has 8 heteroatoms. The van der Waals surface area contributed by atoms with Crippen molar-refractivity contribution in [2.24, 2.45) is 0 Å². The third-order valence-electron chi connectivity index (χ3n) is 6.28. The van der Waals surface area contributed by atoms with Crippen molar-refractivity contribution in [2.45, 2.75) is 13.1 Å². The molecule has 0 unspecified atom stereocenters. The summed E-state index contributed by atoms with van der Waals surface area (Å²) in [5, 5.41) is 13.1. The van der Waals surface area contributed by atoms with Crippen LogP contribution in [0.2, 0.25) is 0 Å². The van der Waals surface area contributed by atoms with Gasteiger partial charge in [0.2, 0.25) is 6.41 Å². The highest BCUT2D eigenvalue weighted by atomic mass is 16.1. The molecule has 3 aromatic heterocycles. The molecular weight excluding hydrogens is 450 g/mol. The number of anilines is 1. The van der Waals surface area contributed by atoms with Crippen LogP contribution < -0.4 is 11.1 Å². The number of amides is 1. The molecule has 3 N–H and O–H groups in total. The normalized spacial score (nSPS) is 11.2. The van der Waals surface area contributed by atoms with Gasteiger partial charge in [0.15, 0.2) is 5.82 Å². The van der Waals surface area contributed by atoms with Crippen molar-refractivity contribution in [3.63, 3.8) is 0 Å². The maximum absolute atomic E-state index is 10.6. The molecule has 3 heterocycles. The second-order valence-corrected chi connectivity index (χ2v) is 8.63. The highest BCUT2D eigenvalue weighted by molar-refractivity contribution is 5.94. The smallest absolute Gasteiger partial charge is 0.207 e. The van der Waals surface area contributed by atoms with Gasteiger partial charge < -0.3 is 11.1 Å². The molecule has 0 spiro atoms. The number of hydrogen-bond acceptors (Lipinski definition) is 5. The van der Waals surface area contributed by atoms with Crippen LogP contribution in [-0.2, 0) is 17.9 Å². The second kappa shape index (κ2) is 8.99. The van der Waals surface area contributed by atoms with E-state index in [-0.39, 0.29) is 0 Å². The molecule has 6 rings (SSSR count). The minimum Gasteiger partial charge on any atom is -0.382 e. The molecule has 0 bridgehead atoms. The predicted molar refractivity (Wildman–Crippen MR) is 140 cm³/mol. The van der Waals surface area contributed by atoms with E-state index in [0.29, 0.717) is 25.3 Å². The van der Waals surface area contributed by atoms with E-state index in [9.17, 15) is 4.79 Å². The van der Waals surface area contributed by atoms with Crippen LogP contribution in [0.5, 0.6) is 0 Å². The van der Waals surface area contributed by atoms with Gasteiger partial charge in [-0.2, -0.15) is 10.2 Å². The summed E-state index contributed by atoms with van der Waals surface area (Å²) in [6.07, 6.45) is 4.22. The van der Waals surface area contributed by atoms with Crippen molar-refractivity contribution < 1.29 is 4.79 Å². The Labute approximate surface area is 207 Å². The van der Waals surface area contributed by atoms with Crippen LogP contribution in [0.3, 0.4) is 0 Å². The molecule has 0 radical (unpaired) electrons. The Balaban J connectivity index is 1.41. The first-order valence-corrected chi connectivity index (χ1v) is 11.6. The molecular formula is C28H23N7O. The second-order valence-electron chi connectivity index (χ2n) is 8.63. The van der Waals surface area contributed by atoms with Gasteiger partial charge in [0.1, 0.15) is 11.8 Å². The van der Waals surface area contributed by atoms with Crippen LogP contribution in [0.1, 0.15) is 11.1 Å². The number of carbonyl (C=O) groups excluding carboxylic acids is 1. The molecule has 176 valence electrons. The van der Waals surface area contributed by atoms with Gasteiger partial charge in [-0.3, -0.25) is 9.48 Å². The van der Waals surface area contributed by atoms with Crippen molar-refractivity contribution in [3.05, 3.63) is 103 Å². The lowest BCUT2D eigenvalue weighted by Crippen LogP contribution is -2.09. The molecule has 0 fully saturated rings. The molecule has 0 atom stereocenters. The van der Waals surface area contributed by atoms with Gasteiger partial charge in [0, 0.05) is 29.3 Å². The van der Waals surface area contributed by atoms with Crippen LogP contribution in [0.4, 0.5) is 5.82 Å². The number of rotatable bonds is 7. The monoisotopic (exact) mass is 473 g/mol. The Hall–Kier alpha value is -4.98. The number of benzene rings is 3. The highest BCUT2D eigenvalue weighted by Crippen LogP contribution is 2.35. The Morgan fingerprint density at radius 3 is 2.53 bits per heavy atom. The van der Waals surface area contributed by atoms with Crippen molar-refractivity contribution in [1.82, 2.24) is 29.7 Å². The average molecular weight is 474 g/mol. The molecule has 0 aliphatic heterocycles. The van der Waals surface area contributed by atoms with E-state index < -0.39 is 0 Å². The fourth-order valence-electron chi connectivity index (χ4n) is 4.53. The van der Waals surface area contributed by atoms with E-state index in [4.69, 9.17) is 10.8 Å². The van der Waals surface area contributed by atoms with Gasteiger partial charge in [0.05, 0.1) is 17.8 Å². The highest BCUT2D eigenvalue weighted by Gasteiger charge is 2.17. The van der Waals surface area contributed by atoms with Crippen molar-refractivity contribution in [3.8, 4) is 22.4 Å². The van der Waals surface area contributed by atoms with E-state index >= 15 is 0 Å². The molecule has 6 aromatic rings. The lowest BCUT2D eigenvalue weighted by molar-refractivity contribution is -0.109. The maximum atomic E-state index is 10.6. The number of nitrogen functional groups attached to an aromatic ring is 1. The molecule has 1 amide bonds. The third kappa shape index (κ3) is 3.94. The standard InChI is InChI=1S/C28H23N7O/c29-28-27-24(13-26(35(27)32-17-31-28)21-8-6-19(7-9-21)14-30-18-36)22-10-11-23-16-34(33-25(23)12-22)15-20-4-2-1-3-5-20/h1-13,16-18H,14-15H2,(H,30,36)(H2,29,31,32). The van der Waals surface area contributed by atoms with E-state index in [1.54, 1.807) is 0 Å². The zero-order chi connectivity index (χ0) is 24.5. The van der Waals surface area contributed by atoms with Crippen LogP contribution >= 0.6 is 0 Å². The molecule has 0 saturated carbocycles. The summed E-state index contributed by atoms with van der Waals surface area (Å²) in [5.74, 6) is 0.410. The quantitative estimate of drug-likeness (QED) is 0.337. The van der Waals surface area contributed by atoms with E-state index in [0.717, 1.165) is 44.4 Å². The Bertz CT molecular complexity index is 1680. The molecule has 3 aromatic carbocycles. The van der Waals surface area contributed by atoms with Gasteiger partial charge >= 0.3 is 0 Å². The molecule has 0 saturated heterocycles. The number of carbonyl (C=O) groups is 1. The Kier molecular flexibility index (Phi) is 5.38. The van der Waals surface area contributed by atoms with Gasteiger partial charge in [-0.25, -0.2) is 9.50 Å². The summed E-state index contributed by atoms with van der Waals surface area (Å²) in [4.78, 5) is 14.8. The summed E-state index contributed by atoms with van der Waals surface area (Å²) in [6.45, 7) is 1.19. The number of nitrogens with one attached hydrogen (secondary N) is 1. The maximum Gasteiger partial charge on any atom is 0.207 e. The van der Waals surface area contributed by atoms with E-state index in [1.165, 1.54) is 11.9 Å². The first-order valence-electron chi connectivity index (χ1n) is 11.6. The van der Waals surface area contributed by atoms with Crippen LogP contribution in [0.15, 0.2) is 91.4 Å². The first-order chi connectivity index (χ1) is 17.7. The Morgan fingerprint density at radius 1 is 0.917 bits per heavy atom. The largest absolute Gasteiger partial charge is 0.382 e. The fraction of sp³-hybridized carbons (Fsp3) is 0.0714. The molecule has 8 nitrogen and oxygen atoms in total. The number of nitrogens with two attached hydrogens (primary N) is 1. The number of fused-ring (bicyclic) bond motifs is 2. The summed E-state index contributed by atoms with van der Waals surface area (Å²) >= 11 is 0. The van der Waals surface area contributed by atoms with Gasteiger partial charge in [-0.1, -0.05) is 66.7 Å². The lowest BCUT2D eigenvalue weighted by atomic mass is 10.0. The number of nitrogens with zero attached hydrogens (tertiary/aromatic N) is 5. The minimum atomic E-state index is 0.410. The summed E-state index contributed by atoms with van der Waals surface area (Å²) in [5.41, 5.74) is 14.0. The number of aromatic nitrogens is 5. The zero-order valence-electron chi connectivity index (χ0n) is 19.4. The predicted octanol–water partition coefficient (Wildman–Crippen LogP) is 4.29. The zero-order valence-corrected chi connectivity index (χ0v) is 19.4. The minimum absolute atomic E-state index is 0.410. The lowest BCUT2D eigenvalue weighted by Gasteiger charge is -2.05. The Morgan fingerprint density at radius 2 is 1.72 bits per heavy atom. The molecule has 0 aliphatic rings. The van der Waals surface area contributed by atoms with Gasteiger partial charge in [-0.15, -0.1) is 0 Å². The molecule has 0 aliphatic carbocycles. The van der Waals surface area contributed by atoms with E-state index in [2.05, 4.69) is 58.0 Å². The summed E-state index contributed by atoms with van der Waals surface area (Å²) in [6, 6.07) is 26.6. The fourth-order valence-corrected chi connectivity index (χ4v) is 4.53. The van der Waals surface area contributed by atoms with Gasteiger partial charge in [0.25, 0.3) is 0 Å². The SMILES string of the molecule is Nc1ncnn2c(-c3ccc(CNC=O)cc3)cc(-c3ccc4cn(Cc5ccccc5)nc4c3)c12. The van der Waals surface area contributed by atoms with Gasteiger partial charge in [-0.05, 0) is 28.8 Å².